The fraction of sp³-hybridized carbons (Fsp3) is 0.500. The number of amides is 1. The number of hydrogen-bond donors (Lipinski definition) is 2. The van der Waals surface area contributed by atoms with Gasteiger partial charge in [-0.15, -0.1) is 0 Å². The molecule has 4 nitrogen and oxygen atoms in total. The normalized spacial score (nSPS) is 12.7. The van der Waals surface area contributed by atoms with Crippen LogP contribution in [0.4, 0.5) is 13.2 Å². The second-order valence-electron chi connectivity index (χ2n) is 5.47. The molecule has 0 aliphatic rings. The Balaban J connectivity index is 2.37. The van der Waals surface area contributed by atoms with Gasteiger partial charge in [0.15, 0.2) is 0 Å². The van der Waals surface area contributed by atoms with Crippen LogP contribution in [0.15, 0.2) is 24.3 Å². The van der Waals surface area contributed by atoms with Crippen LogP contribution in [0.3, 0.4) is 0 Å². The molecule has 0 radical (unpaired) electrons. The van der Waals surface area contributed by atoms with Crippen molar-refractivity contribution in [2.45, 2.75) is 51.2 Å². The average molecular weight is 331 g/mol. The Bertz CT molecular complexity index is 526. The molecular weight excluding hydrogens is 311 g/mol. The number of nitrogens with one attached hydrogen (secondary N) is 1. The second kappa shape index (κ2) is 8.55. The highest BCUT2D eigenvalue weighted by atomic mass is 19.4. The lowest BCUT2D eigenvalue weighted by Crippen LogP contribution is -2.33. The van der Waals surface area contributed by atoms with Gasteiger partial charge in [-0.1, -0.05) is 12.1 Å². The predicted molar refractivity (Wildman–Crippen MR) is 78.9 cm³/mol. The van der Waals surface area contributed by atoms with Gasteiger partial charge in [0, 0.05) is 18.9 Å². The number of carboxylic acids is 1. The number of carboxylic acid groups (broad SMARTS) is 1. The predicted octanol–water partition coefficient (Wildman–Crippen LogP) is 3.40. The van der Waals surface area contributed by atoms with Crippen molar-refractivity contribution in [2.75, 3.05) is 0 Å². The third kappa shape index (κ3) is 7.67. The summed E-state index contributed by atoms with van der Waals surface area (Å²) in [6, 6.07) is 4.64. The highest BCUT2D eigenvalue weighted by molar-refractivity contribution is 5.76. The van der Waals surface area contributed by atoms with Crippen molar-refractivity contribution in [3.8, 4) is 0 Å². The number of hydrogen-bond acceptors (Lipinski definition) is 2. The Hall–Kier alpha value is -2.05. The number of benzene rings is 1. The smallest absolute Gasteiger partial charge is 0.416 e. The van der Waals surface area contributed by atoms with Crippen LogP contribution in [-0.4, -0.2) is 23.0 Å². The summed E-state index contributed by atoms with van der Waals surface area (Å²) in [6.07, 6.45) is -2.71. The van der Waals surface area contributed by atoms with Crippen molar-refractivity contribution < 1.29 is 27.9 Å². The number of carbonyl (C=O) groups is 2. The van der Waals surface area contributed by atoms with Crippen LogP contribution in [-0.2, 0) is 22.2 Å². The van der Waals surface area contributed by atoms with E-state index in [1.54, 1.807) is 6.92 Å². The Morgan fingerprint density at radius 2 is 1.70 bits per heavy atom. The quantitative estimate of drug-likeness (QED) is 0.718. The molecule has 0 aliphatic carbocycles. The van der Waals surface area contributed by atoms with E-state index >= 15 is 0 Å². The third-order valence-electron chi connectivity index (χ3n) is 3.28. The fourth-order valence-corrected chi connectivity index (χ4v) is 2.14. The van der Waals surface area contributed by atoms with Gasteiger partial charge in [0.25, 0.3) is 0 Å². The zero-order valence-corrected chi connectivity index (χ0v) is 12.8. The van der Waals surface area contributed by atoms with Gasteiger partial charge in [-0.25, -0.2) is 0 Å². The summed E-state index contributed by atoms with van der Waals surface area (Å²) in [5, 5.41) is 11.2. The van der Waals surface area contributed by atoms with Crippen LogP contribution in [0.5, 0.6) is 0 Å². The lowest BCUT2D eigenvalue weighted by molar-refractivity contribution is -0.138. The summed E-state index contributed by atoms with van der Waals surface area (Å²) in [7, 11) is 0. The average Bonchev–Trinajstić information content (AvgIpc) is 2.43. The van der Waals surface area contributed by atoms with E-state index in [1.165, 1.54) is 12.1 Å². The summed E-state index contributed by atoms with van der Waals surface area (Å²) in [5.41, 5.74) is 0.00745. The van der Waals surface area contributed by atoms with E-state index in [0.29, 0.717) is 24.8 Å². The van der Waals surface area contributed by atoms with Gasteiger partial charge in [-0.2, -0.15) is 13.2 Å². The molecule has 1 rings (SSSR count). The van der Waals surface area contributed by atoms with Crippen LogP contribution >= 0.6 is 0 Å². The first kappa shape index (κ1) is 19.0. The monoisotopic (exact) mass is 331 g/mol. The molecule has 0 aromatic heterocycles. The van der Waals surface area contributed by atoms with E-state index < -0.39 is 17.7 Å². The van der Waals surface area contributed by atoms with E-state index in [0.717, 1.165) is 12.1 Å². The first-order chi connectivity index (χ1) is 10.7. The SMILES string of the molecule is CC(Cc1ccc(C(F)(F)F)cc1)NC(=O)CCCCC(=O)O. The molecule has 2 N–H and O–H groups in total. The van der Waals surface area contributed by atoms with Crippen LogP contribution < -0.4 is 5.32 Å². The van der Waals surface area contributed by atoms with Crippen LogP contribution in [0.2, 0.25) is 0 Å². The van der Waals surface area contributed by atoms with Crippen molar-refractivity contribution in [3.63, 3.8) is 0 Å². The molecule has 1 aromatic rings. The Kier molecular flexibility index (Phi) is 7.06. The number of halogens is 3. The highest BCUT2D eigenvalue weighted by Gasteiger charge is 2.29. The maximum Gasteiger partial charge on any atom is 0.416 e. The minimum absolute atomic E-state index is 0.0361. The number of aliphatic carboxylic acids is 1. The van der Waals surface area contributed by atoms with Crippen LogP contribution in [0.25, 0.3) is 0 Å². The number of rotatable bonds is 8. The summed E-state index contributed by atoms with van der Waals surface area (Å²) in [6.45, 7) is 1.77. The molecule has 1 aromatic carbocycles. The Labute approximate surface area is 132 Å². The third-order valence-corrected chi connectivity index (χ3v) is 3.28. The van der Waals surface area contributed by atoms with E-state index in [2.05, 4.69) is 5.32 Å². The van der Waals surface area contributed by atoms with Gasteiger partial charge in [-0.05, 0) is 43.9 Å². The van der Waals surface area contributed by atoms with Crippen molar-refractivity contribution in [3.05, 3.63) is 35.4 Å². The molecule has 128 valence electrons. The molecule has 0 heterocycles. The van der Waals surface area contributed by atoms with Gasteiger partial charge in [0.1, 0.15) is 0 Å². The first-order valence-corrected chi connectivity index (χ1v) is 7.36. The second-order valence-corrected chi connectivity index (χ2v) is 5.47. The van der Waals surface area contributed by atoms with Crippen molar-refractivity contribution in [2.24, 2.45) is 0 Å². The summed E-state index contributed by atoms with van der Waals surface area (Å²) in [5.74, 6) is -1.07. The van der Waals surface area contributed by atoms with E-state index in [4.69, 9.17) is 5.11 Å². The van der Waals surface area contributed by atoms with Gasteiger partial charge < -0.3 is 10.4 Å². The minimum atomic E-state index is -4.35. The molecular formula is C16H20F3NO3. The Morgan fingerprint density at radius 3 is 2.22 bits per heavy atom. The van der Waals surface area contributed by atoms with Gasteiger partial charge in [-0.3, -0.25) is 9.59 Å². The molecule has 23 heavy (non-hydrogen) atoms. The zero-order chi connectivity index (χ0) is 17.5. The molecule has 0 spiro atoms. The van der Waals surface area contributed by atoms with E-state index in [1.807, 2.05) is 0 Å². The van der Waals surface area contributed by atoms with Gasteiger partial charge in [0.05, 0.1) is 5.56 Å². The van der Waals surface area contributed by atoms with Crippen molar-refractivity contribution in [1.82, 2.24) is 5.32 Å². The van der Waals surface area contributed by atoms with Crippen molar-refractivity contribution in [1.29, 1.82) is 0 Å². The van der Waals surface area contributed by atoms with Gasteiger partial charge >= 0.3 is 12.1 Å². The summed E-state index contributed by atoms with van der Waals surface area (Å²) >= 11 is 0. The highest BCUT2D eigenvalue weighted by Crippen LogP contribution is 2.29. The largest absolute Gasteiger partial charge is 0.481 e. The number of unbranched alkanes of at least 4 members (excludes halogenated alkanes) is 1. The molecule has 0 saturated heterocycles. The number of carbonyl (C=O) groups excluding carboxylic acids is 1. The maximum absolute atomic E-state index is 12.5. The van der Waals surface area contributed by atoms with E-state index in [9.17, 15) is 22.8 Å². The van der Waals surface area contributed by atoms with Crippen molar-refractivity contribution >= 4 is 11.9 Å². The molecule has 0 bridgehead atoms. The van der Waals surface area contributed by atoms with Gasteiger partial charge in [0.2, 0.25) is 5.91 Å². The standard InChI is InChI=1S/C16H20F3NO3/c1-11(20-14(21)4-2-3-5-15(22)23)10-12-6-8-13(9-7-12)16(17,18)19/h6-9,11H,2-5,10H2,1H3,(H,20,21)(H,22,23). The topological polar surface area (TPSA) is 66.4 Å². The number of alkyl halides is 3. The molecule has 0 saturated carbocycles. The summed E-state index contributed by atoms with van der Waals surface area (Å²) in [4.78, 5) is 22.0. The maximum atomic E-state index is 12.5. The first-order valence-electron chi connectivity index (χ1n) is 7.36. The summed E-state index contributed by atoms with van der Waals surface area (Å²) < 4.78 is 37.4. The lowest BCUT2D eigenvalue weighted by Gasteiger charge is -2.14. The van der Waals surface area contributed by atoms with E-state index in [-0.39, 0.29) is 24.8 Å². The molecule has 1 unspecified atom stereocenters. The van der Waals surface area contributed by atoms with Crippen LogP contribution in [0, 0.1) is 0 Å². The molecule has 7 heteroatoms. The Morgan fingerprint density at radius 1 is 1.13 bits per heavy atom. The lowest BCUT2D eigenvalue weighted by atomic mass is 10.0. The minimum Gasteiger partial charge on any atom is -0.481 e. The molecule has 1 amide bonds. The zero-order valence-electron chi connectivity index (χ0n) is 12.8. The molecule has 1 atom stereocenters. The van der Waals surface area contributed by atoms with Crippen LogP contribution in [0.1, 0.15) is 43.7 Å². The molecule has 0 aliphatic heterocycles. The molecule has 0 fully saturated rings. The fourth-order valence-electron chi connectivity index (χ4n) is 2.14.